The Balaban J connectivity index is -0.0000000315. The van der Waals surface area contributed by atoms with Gasteiger partial charge in [-0.3, -0.25) is 0 Å². The molecule has 0 aliphatic rings. The summed E-state index contributed by atoms with van der Waals surface area (Å²) in [5, 5.41) is -4.13. The molecule has 0 unspecified atom stereocenters. The Hall–Kier alpha value is 2.10. The molecule has 0 rings (SSSR count). The molecule has 0 heterocycles. The van der Waals surface area contributed by atoms with Crippen molar-refractivity contribution < 1.29 is 44.2 Å². The van der Waals surface area contributed by atoms with E-state index in [0.29, 0.717) is 21.2 Å². The molecule has 0 radical (unpaired) electrons. The number of rotatable bonds is 0. The molecule has 3 nitrogen and oxygen atoms in total. The van der Waals surface area contributed by atoms with Crippen molar-refractivity contribution in [3.05, 3.63) is 13.8 Å². The van der Waals surface area contributed by atoms with E-state index in [0.717, 1.165) is 0 Å². The Bertz CT molecular complexity index is 66.6. The van der Waals surface area contributed by atoms with Crippen molar-refractivity contribution in [1.29, 1.82) is 0 Å². The summed E-state index contributed by atoms with van der Waals surface area (Å²) in [4.78, 5) is 27.3. The second-order valence-electron chi connectivity index (χ2n) is 0.447. The zero-order chi connectivity index (χ0) is 8.50. The molecule has 0 atom stereocenters. The van der Waals surface area contributed by atoms with Gasteiger partial charge in [0, 0.05) is 0 Å². The monoisotopic (exact) mass is 290 g/mol. The minimum absolute atomic E-state index is 0. The molecule has 0 amide bonds. The SMILES string of the molecule is [CH2-]C.[CH2-]C.[Na+].[O-]P([O-])([O-])=[Te]. The molecule has 0 aromatic carbocycles. The van der Waals surface area contributed by atoms with Crippen molar-refractivity contribution in [3.8, 4) is 0 Å². The van der Waals surface area contributed by atoms with Crippen LogP contribution in [0.4, 0.5) is 0 Å². The van der Waals surface area contributed by atoms with E-state index in [1.165, 1.54) is 0 Å². The van der Waals surface area contributed by atoms with Gasteiger partial charge in [0.05, 0.1) is 0 Å². The van der Waals surface area contributed by atoms with Crippen LogP contribution < -0.4 is 44.2 Å². The van der Waals surface area contributed by atoms with Crippen LogP contribution in [0.15, 0.2) is 0 Å². The standard InChI is InChI=1S/2C2H5.Na.H3O3PTe/c2*1-2;;1-4(2,3)5/h2*1H2,2H3;;(H3,1,2,3,5)/q2*-1;+1;/p-3. The van der Waals surface area contributed by atoms with Crippen LogP contribution in [-0.2, 0) is 0 Å². The fourth-order valence-corrected chi connectivity index (χ4v) is 0. The summed E-state index contributed by atoms with van der Waals surface area (Å²) >= 11 is 0.569. The summed E-state index contributed by atoms with van der Waals surface area (Å²) in [6.07, 6.45) is 0. The Kier molecular flexibility index (Phi) is 39.2. The van der Waals surface area contributed by atoms with E-state index in [1.54, 1.807) is 13.8 Å². The molecule has 0 aliphatic carbocycles. The van der Waals surface area contributed by atoms with Gasteiger partial charge in [0.1, 0.15) is 0 Å². The Labute approximate surface area is 97.4 Å². The summed E-state index contributed by atoms with van der Waals surface area (Å²) in [6.45, 7) is 10.0. The van der Waals surface area contributed by atoms with Crippen molar-refractivity contribution in [2.24, 2.45) is 0 Å². The first-order valence-electron chi connectivity index (χ1n) is 2.14. The van der Waals surface area contributed by atoms with Crippen molar-refractivity contribution in [2.45, 2.75) is 13.8 Å². The van der Waals surface area contributed by atoms with Gasteiger partial charge in [0.15, 0.2) is 0 Å². The third-order valence-corrected chi connectivity index (χ3v) is 0. The van der Waals surface area contributed by atoms with Gasteiger partial charge in [0.2, 0.25) is 0 Å². The minimum atomic E-state index is -4.13. The molecule has 0 aromatic rings. The second kappa shape index (κ2) is 17.3. The first-order valence-corrected chi connectivity index (χ1v) is 6.73. The van der Waals surface area contributed by atoms with E-state index < -0.39 is 5.17 Å². The molecule has 10 heavy (non-hydrogen) atoms. The van der Waals surface area contributed by atoms with Crippen LogP contribution >= 0.6 is 5.17 Å². The predicted molar refractivity (Wildman–Crippen MR) is 34.7 cm³/mol. The molecule has 0 saturated heterocycles. The topological polar surface area (TPSA) is 69.2 Å². The van der Waals surface area contributed by atoms with E-state index in [1.807, 2.05) is 0 Å². The van der Waals surface area contributed by atoms with Gasteiger partial charge in [-0.1, -0.05) is 0 Å². The van der Waals surface area contributed by atoms with Crippen molar-refractivity contribution in [3.63, 3.8) is 0 Å². The molecule has 0 spiro atoms. The van der Waals surface area contributed by atoms with Gasteiger partial charge in [-0.05, 0) is 0 Å². The van der Waals surface area contributed by atoms with Crippen LogP contribution in [0.25, 0.3) is 0 Å². The van der Waals surface area contributed by atoms with Gasteiger partial charge < -0.3 is 13.8 Å². The first kappa shape index (κ1) is 22.7. The van der Waals surface area contributed by atoms with Crippen molar-refractivity contribution >= 4 is 26.4 Å². The summed E-state index contributed by atoms with van der Waals surface area (Å²) in [5.41, 5.74) is 0. The maximum absolute atomic E-state index is 9.11. The summed E-state index contributed by atoms with van der Waals surface area (Å²) in [6, 6.07) is 0. The first-order chi connectivity index (χ1) is 4.00. The summed E-state index contributed by atoms with van der Waals surface area (Å²) in [7, 11) is 0. The Morgan fingerprint density at radius 2 is 1.00 bits per heavy atom. The van der Waals surface area contributed by atoms with Crippen LogP contribution in [0.3, 0.4) is 0 Å². The van der Waals surface area contributed by atoms with E-state index in [9.17, 15) is 0 Å². The van der Waals surface area contributed by atoms with Crippen LogP contribution in [0.5, 0.6) is 0 Å². The van der Waals surface area contributed by atoms with Gasteiger partial charge in [-0.2, -0.15) is 13.8 Å². The molecule has 0 aromatic heterocycles. The third-order valence-electron chi connectivity index (χ3n) is 0. The Morgan fingerprint density at radius 1 is 1.00 bits per heavy atom. The van der Waals surface area contributed by atoms with Crippen LogP contribution in [-0.4, -0.2) is 21.2 Å². The normalized spacial score (nSPS) is 7.10. The van der Waals surface area contributed by atoms with E-state index >= 15 is 0 Å². The van der Waals surface area contributed by atoms with Crippen molar-refractivity contribution in [1.82, 2.24) is 0 Å². The quantitative estimate of drug-likeness (QED) is 0.257. The predicted octanol–water partition coefficient (Wildman–Crippen LogP) is -4.40. The van der Waals surface area contributed by atoms with E-state index in [2.05, 4.69) is 13.8 Å². The zero-order valence-corrected chi connectivity index (χ0v) is 11.7. The van der Waals surface area contributed by atoms with Gasteiger partial charge in [0.25, 0.3) is 0 Å². The zero-order valence-electron chi connectivity index (χ0n) is 6.49. The van der Waals surface area contributed by atoms with Crippen molar-refractivity contribution in [2.75, 3.05) is 0 Å². The molecule has 0 fully saturated rings. The summed E-state index contributed by atoms with van der Waals surface area (Å²) < 4.78 is 0. The van der Waals surface area contributed by atoms with Crippen LogP contribution in [0.2, 0.25) is 0 Å². The molecule has 6 heteroatoms. The number of hydrogen-bond donors (Lipinski definition) is 0. The van der Waals surface area contributed by atoms with Gasteiger partial charge >= 0.3 is 70.6 Å². The average molecular weight is 288 g/mol. The second-order valence-corrected chi connectivity index (χ2v) is 5.17. The molecule has 0 saturated carbocycles. The van der Waals surface area contributed by atoms with Crippen LogP contribution in [0, 0.1) is 13.8 Å². The average Bonchev–Trinajstić information content (AvgIpc) is 1.72. The third kappa shape index (κ3) is 190. The van der Waals surface area contributed by atoms with E-state index in [-0.39, 0.29) is 29.6 Å². The van der Waals surface area contributed by atoms with Gasteiger partial charge in [-0.15, -0.1) is 0 Å². The Morgan fingerprint density at radius 3 is 1.00 bits per heavy atom. The molecule has 60 valence electrons. The fourth-order valence-electron chi connectivity index (χ4n) is 0. The molecule has 0 aliphatic heterocycles. The van der Waals surface area contributed by atoms with Crippen LogP contribution in [0.1, 0.15) is 13.8 Å². The molecule has 0 bridgehead atoms. The fraction of sp³-hybridized carbons (Fsp3) is 0.500. The van der Waals surface area contributed by atoms with E-state index in [4.69, 9.17) is 14.7 Å². The molecular formula is C4H10NaO3PTe-4. The van der Waals surface area contributed by atoms with Gasteiger partial charge in [-0.25, -0.2) is 0 Å². The summed E-state index contributed by atoms with van der Waals surface area (Å²) in [5.74, 6) is 0. The number of hydrogen-bond acceptors (Lipinski definition) is 3. The molecular weight excluding hydrogens is 278 g/mol. The maximum atomic E-state index is 9.11. The molecule has 0 N–H and O–H groups in total.